The van der Waals surface area contributed by atoms with Crippen molar-refractivity contribution >= 4 is 0 Å². The molecule has 3 aliphatic heterocycles. The van der Waals surface area contributed by atoms with E-state index in [0.29, 0.717) is 36.4 Å². The van der Waals surface area contributed by atoms with E-state index < -0.39 is 0 Å². The maximum atomic E-state index is 6.56. The number of ether oxygens (including phenoxy) is 3. The van der Waals surface area contributed by atoms with E-state index in [1.54, 1.807) is 0 Å². The quantitative estimate of drug-likeness (QED) is 0.606. The van der Waals surface area contributed by atoms with Gasteiger partial charge < -0.3 is 14.2 Å². The van der Waals surface area contributed by atoms with Crippen LogP contribution in [0.4, 0.5) is 0 Å². The van der Waals surface area contributed by atoms with Crippen molar-refractivity contribution in [2.24, 2.45) is 0 Å². The van der Waals surface area contributed by atoms with Crippen LogP contribution in [0.1, 0.15) is 68.2 Å². The zero-order chi connectivity index (χ0) is 22.8. The fourth-order valence-corrected chi connectivity index (χ4v) is 5.81. The van der Waals surface area contributed by atoms with E-state index in [1.807, 2.05) is 0 Å². The number of hydrogen-bond donors (Lipinski definition) is 0. The number of morpholine rings is 3. The van der Waals surface area contributed by atoms with Gasteiger partial charge in [-0.2, -0.15) is 0 Å². The molecular weight excluding hydrogens is 390 g/mol. The highest BCUT2D eigenvalue weighted by molar-refractivity contribution is 4.90. The van der Waals surface area contributed by atoms with Crippen molar-refractivity contribution in [3.8, 4) is 0 Å². The van der Waals surface area contributed by atoms with E-state index in [0.717, 1.165) is 58.8 Å². The second-order valence-corrected chi connectivity index (χ2v) is 11.4. The molecule has 6 nitrogen and oxygen atoms in total. The molecule has 0 radical (unpaired) electrons. The van der Waals surface area contributed by atoms with Crippen molar-refractivity contribution in [3.63, 3.8) is 0 Å². The van der Waals surface area contributed by atoms with Crippen molar-refractivity contribution in [3.05, 3.63) is 0 Å². The molecule has 6 atom stereocenters. The van der Waals surface area contributed by atoms with Gasteiger partial charge >= 0.3 is 0 Å². The highest BCUT2D eigenvalue weighted by atomic mass is 16.5. The molecule has 0 spiro atoms. The third kappa shape index (κ3) is 7.12. The molecule has 3 saturated heterocycles. The van der Waals surface area contributed by atoms with Gasteiger partial charge in [-0.3, -0.25) is 14.7 Å². The van der Waals surface area contributed by atoms with Crippen LogP contribution in [0.15, 0.2) is 0 Å². The summed E-state index contributed by atoms with van der Waals surface area (Å²) >= 11 is 0. The SMILES string of the molecule is CC(CC1CN(C(C)CC2CN(C(C)C)C(C)CO2)CC(C)(C)O1)N1CCO[C@@H](C)C1. The third-order valence-corrected chi connectivity index (χ3v) is 7.45. The summed E-state index contributed by atoms with van der Waals surface area (Å²) in [6.45, 7) is 25.1. The first-order valence-electron chi connectivity index (χ1n) is 12.7. The Morgan fingerprint density at radius 3 is 2.23 bits per heavy atom. The van der Waals surface area contributed by atoms with Gasteiger partial charge in [-0.25, -0.2) is 0 Å². The Labute approximate surface area is 191 Å². The number of hydrogen-bond acceptors (Lipinski definition) is 6. The molecule has 0 amide bonds. The Hall–Kier alpha value is -0.240. The zero-order valence-corrected chi connectivity index (χ0v) is 21.5. The van der Waals surface area contributed by atoms with Crippen LogP contribution in [0.5, 0.6) is 0 Å². The lowest BCUT2D eigenvalue weighted by Crippen LogP contribution is -2.58. The van der Waals surface area contributed by atoms with Crippen LogP contribution in [-0.2, 0) is 14.2 Å². The number of rotatable bonds is 7. The van der Waals surface area contributed by atoms with Crippen molar-refractivity contribution in [1.29, 1.82) is 0 Å². The molecule has 3 heterocycles. The summed E-state index contributed by atoms with van der Waals surface area (Å²) in [6, 6.07) is 2.11. The fourth-order valence-electron chi connectivity index (χ4n) is 5.81. The molecule has 0 aliphatic carbocycles. The normalized spacial score (nSPS) is 35.9. The van der Waals surface area contributed by atoms with Crippen molar-refractivity contribution in [2.45, 2.75) is 116 Å². The first-order chi connectivity index (χ1) is 14.5. The highest BCUT2D eigenvalue weighted by Crippen LogP contribution is 2.28. The maximum Gasteiger partial charge on any atom is 0.0757 e. The monoisotopic (exact) mass is 439 g/mol. The van der Waals surface area contributed by atoms with Gasteiger partial charge in [0.2, 0.25) is 0 Å². The Bertz CT molecular complexity index is 558. The summed E-state index contributed by atoms with van der Waals surface area (Å²) < 4.78 is 18.5. The Morgan fingerprint density at radius 2 is 1.55 bits per heavy atom. The smallest absolute Gasteiger partial charge is 0.0757 e. The number of nitrogens with zero attached hydrogens (tertiary/aromatic N) is 3. The predicted molar refractivity (Wildman–Crippen MR) is 127 cm³/mol. The zero-order valence-electron chi connectivity index (χ0n) is 21.5. The lowest BCUT2D eigenvalue weighted by molar-refractivity contribution is -0.157. The van der Waals surface area contributed by atoms with E-state index in [-0.39, 0.29) is 11.7 Å². The molecule has 0 aromatic heterocycles. The predicted octanol–water partition coefficient (Wildman–Crippen LogP) is 3.24. The summed E-state index contributed by atoms with van der Waals surface area (Å²) in [4.78, 5) is 7.83. The van der Waals surface area contributed by atoms with Gasteiger partial charge in [0.15, 0.2) is 0 Å². The fraction of sp³-hybridized carbons (Fsp3) is 1.00. The van der Waals surface area contributed by atoms with E-state index in [1.165, 1.54) is 0 Å². The summed E-state index contributed by atoms with van der Waals surface area (Å²) in [5.41, 5.74) is -0.110. The lowest BCUT2D eigenvalue weighted by Gasteiger charge is -2.48. The second-order valence-electron chi connectivity index (χ2n) is 11.4. The molecule has 3 aliphatic rings. The Morgan fingerprint density at radius 1 is 0.871 bits per heavy atom. The molecule has 0 saturated carbocycles. The van der Waals surface area contributed by atoms with E-state index in [9.17, 15) is 0 Å². The first kappa shape index (κ1) is 25.4. The molecule has 31 heavy (non-hydrogen) atoms. The molecule has 0 N–H and O–H groups in total. The van der Waals surface area contributed by atoms with Crippen molar-refractivity contribution < 1.29 is 14.2 Å². The standard InChI is InChI=1S/C25H49N3O3/c1-18(2)28-15-23(30-16-21(28)5)11-20(4)27-14-24(31-25(7,8)17-27)12-19(3)26-9-10-29-22(6)13-26/h18-24H,9-17H2,1-8H3/t19?,20?,21?,22-,23?,24?/m0/s1. The lowest BCUT2D eigenvalue weighted by atomic mass is 9.97. The van der Waals surface area contributed by atoms with Gasteiger partial charge in [0.25, 0.3) is 0 Å². The van der Waals surface area contributed by atoms with Gasteiger partial charge in [-0.1, -0.05) is 0 Å². The molecule has 182 valence electrons. The summed E-state index contributed by atoms with van der Waals surface area (Å²) in [5.74, 6) is 0. The molecule has 5 unspecified atom stereocenters. The van der Waals surface area contributed by atoms with Crippen LogP contribution >= 0.6 is 0 Å². The van der Waals surface area contributed by atoms with Gasteiger partial charge in [-0.15, -0.1) is 0 Å². The van der Waals surface area contributed by atoms with Gasteiger partial charge in [0, 0.05) is 56.9 Å². The molecule has 6 heteroatoms. The third-order valence-electron chi connectivity index (χ3n) is 7.45. The molecular formula is C25H49N3O3. The van der Waals surface area contributed by atoms with Crippen LogP contribution in [0, 0.1) is 0 Å². The summed E-state index contributed by atoms with van der Waals surface area (Å²) in [6.07, 6.45) is 3.11. The van der Waals surface area contributed by atoms with Crippen LogP contribution in [0.3, 0.4) is 0 Å². The Balaban J connectivity index is 1.55. The molecule has 0 aromatic rings. The Kier molecular flexibility index (Phi) is 8.84. The minimum Gasteiger partial charge on any atom is -0.376 e. The first-order valence-corrected chi connectivity index (χ1v) is 12.7. The minimum absolute atomic E-state index is 0.110. The summed E-state index contributed by atoms with van der Waals surface area (Å²) in [7, 11) is 0. The van der Waals surface area contributed by atoms with Gasteiger partial charge in [0.1, 0.15) is 0 Å². The van der Waals surface area contributed by atoms with Crippen molar-refractivity contribution in [2.75, 3.05) is 45.9 Å². The summed E-state index contributed by atoms with van der Waals surface area (Å²) in [5, 5.41) is 0. The average molecular weight is 440 g/mol. The molecule has 0 aromatic carbocycles. The van der Waals surface area contributed by atoms with E-state index in [4.69, 9.17) is 14.2 Å². The molecule has 3 rings (SSSR count). The highest BCUT2D eigenvalue weighted by Gasteiger charge is 2.38. The van der Waals surface area contributed by atoms with E-state index >= 15 is 0 Å². The van der Waals surface area contributed by atoms with Crippen LogP contribution in [0.25, 0.3) is 0 Å². The minimum atomic E-state index is -0.110. The second kappa shape index (κ2) is 10.8. The maximum absolute atomic E-state index is 6.56. The van der Waals surface area contributed by atoms with Gasteiger partial charge in [0.05, 0.1) is 37.1 Å². The largest absolute Gasteiger partial charge is 0.376 e. The molecule has 3 fully saturated rings. The molecule has 0 bridgehead atoms. The average Bonchev–Trinajstić information content (AvgIpc) is 2.68. The van der Waals surface area contributed by atoms with Gasteiger partial charge in [-0.05, 0) is 68.2 Å². The topological polar surface area (TPSA) is 37.4 Å². The van der Waals surface area contributed by atoms with Crippen LogP contribution in [-0.4, -0.2) is 109 Å². The van der Waals surface area contributed by atoms with E-state index in [2.05, 4.69) is 70.1 Å². The van der Waals surface area contributed by atoms with Crippen LogP contribution < -0.4 is 0 Å². The van der Waals surface area contributed by atoms with Crippen molar-refractivity contribution in [1.82, 2.24) is 14.7 Å². The van der Waals surface area contributed by atoms with Crippen LogP contribution in [0.2, 0.25) is 0 Å².